The molecule has 22 heavy (non-hydrogen) atoms. The monoisotopic (exact) mass is 322 g/mol. The van der Waals surface area contributed by atoms with Crippen molar-refractivity contribution in [3.05, 3.63) is 52.6 Å². The molecule has 1 aromatic carbocycles. The van der Waals surface area contributed by atoms with Crippen molar-refractivity contribution >= 4 is 29.6 Å². The Bertz CT molecular complexity index is 573. The number of rotatable bonds is 7. The van der Waals surface area contributed by atoms with E-state index in [0.717, 1.165) is 5.56 Å². The Hall–Kier alpha value is -2.07. The zero-order valence-corrected chi connectivity index (χ0v) is 13.5. The topological polar surface area (TPSA) is 52.6 Å². The number of benzene rings is 1. The molecule has 118 valence electrons. The fourth-order valence-corrected chi connectivity index (χ4v) is 1.83. The largest absolute Gasteiger partial charge is 0.463 e. The Kier molecular flexibility index (Phi) is 7.40. The molecule has 0 atom stereocenters. The number of hydrogen-bond acceptors (Lipinski definition) is 4. The van der Waals surface area contributed by atoms with Gasteiger partial charge in [-0.25, -0.2) is 9.59 Å². The third-order valence-electron chi connectivity index (χ3n) is 2.72. The maximum absolute atomic E-state index is 12.0. The Morgan fingerprint density at radius 1 is 1.09 bits per heavy atom. The van der Waals surface area contributed by atoms with Crippen LogP contribution < -0.4 is 0 Å². The van der Waals surface area contributed by atoms with Gasteiger partial charge in [0.15, 0.2) is 0 Å². The molecule has 0 spiro atoms. The average molecular weight is 323 g/mol. The Labute approximate surface area is 135 Å². The molecule has 0 amide bonds. The SMILES string of the molecule is C=C(C/C(=C\c1ccc(Cl)cc1)C(=O)OCC)C(=O)OCC. The van der Waals surface area contributed by atoms with Gasteiger partial charge in [0.1, 0.15) is 0 Å². The second kappa shape index (κ2) is 9.05. The number of carbonyl (C=O) groups excluding carboxylic acids is 2. The molecular formula is C17H19ClO4. The predicted molar refractivity (Wildman–Crippen MR) is 86.5 cm³/mol. The summed E-state index contributed by atoms with van der Waals surface area (Å²) in [6.07, 6.45) is 1.72. The lowest BCUT2D eigenvalue weighted by atomic mass is 10.0. The van der Waals surface area contributed by atoms with Crippen LogP contribution in [0.15, 0.2) is 42.0 Å². The first kappa shape index (κ1) is 18.0. The Balaban J connectivity index is 2.97. The summed E-state index contributed by atoms with van der Waals surface area (Å²) in [4.78, 5) is 23.7. The molecule has 0 N–H and O–H groups in total. The van der Waals surface area contributed by atoms with Crippen molar-refractivity contribution in [2.75, 3.05) is 13.2 Å². The van der Waals surface area contributed by atoms with Crippen molar-refractivity contribution in [3.8, 4) is 0 Å². The highest BCUT2D eigenvalue weighted by Crippen LogP contribution is 2.18. The molecule has 1 rings (SSSR count). The van der Waals surface area contributed by atoms with Crippen LogP contribution in [0.3, 0.4) is 0 Å². The number of hydrogen-bond donors (Lipinski definition) is 0. The second-order valence-electron chi connectivity index (χ2n) is 4.44. The van der Waals surface area contributed by atoms with Crippen LogP contribution in [-0.2, 0) is 19.1 Å². The van der Waals surface area contributed by atoms with Gasteiger partial charge in [0.2, 0.25) is 0 Å². The number of halogens is 1. The van der Waals surface area contributed by atoms with Gasteiger partial charge in [0, 0.05) is 22.6 Å². The molecule has 0 aromatic heterocycles. The summed E-state index contributed by atoms with van der Waals surface area (Å²) in [5, 5.41) is 0.603. The maximum Gasteiger partial charge on any atom is 0.334 e. The average Bonchev–Trinajstić information content (AvgIpc) is 2.49. The summed E-state index contributed by atoms with van der Waals surface area (Å²) >= 11 is 5.83. The first-order valence-corrected chi connectivity index (χ1v) is 7.33. The highest BCUT2D eigenvalue weighted by Gasteiger charge is 2.16. The van der Waals surface area contributed by atoms with Gasteiger partial charge >= 0.3 is 11.9 Å². The third-order valence-corrected chi connectivity index (χ3v) is 2.97. The summed E-state index contributed by atoms with van der Waals surface area (Å²) in [5.41, 5.74) is 1.32. The van der Waals surface area contributed by atoms with Gasteiger partial charge in [0.05, 0.1) is 13.2 Å². The maximum atomic E-state index is 12.0. The van der Waals surface area contributed by atoms with Crippen LogP contribution >= 0.6 is 11.6 Å². The minimum Gasteiger partial charge on any atom is -0.463 e. The van der Waals surface area contributed by atoms with E-state index in [1.807, 2.05) is 0 Å². The van der Waals surface area contributed by atoms with Gasteiger partial charge < -0.3 is 9.47 Å². The minimum atomic E-state index is -0.520. The van der Waals surface area contributed by atoms with E-state index in [-0.39, 0.29) is 25.2 Å². The molecule has 0 aliphatic carbocycles. The third kappa shape index (κ3) is 5.74. The number of esters is 2. The van der Waals surface area contributed by atoms with Gasteiger partial charge in [-0.15, -0.1) is 0 Å². The summed E-state index contributed by atoms with van der Waals surface area (Å²) < 4.78 is 9.89. The normalized spacial score (nSPS) is 11.0. The lowest BCUT2D eigenvalue weighted by Crippen LogP contribution is -2.13. The van der Waals surface area contributed by atoms with Gasteiger partial charge in [0.25, 0.3) is 0 Å². The van der Waals surface area contributed by atoms with E-state index in [2.05, 4.69) is 6.58 Å². The second-order valence-corrected chi connectivity index (χ2v) is 4.88. The standard InChI is InChI=1S/C17H19ClO4/c1-4-21-16(19)12(3)10-14(17(20)22-5-2)11-13-6-8-15(18)9-7-13/h6-9,11H,3-5,10H2,1-2H3/b14-11+. The molecule has 0 saturated carbocycles. The molecule has 0 heterocycles. The van der Waals surface area contributed by atoms with E-state index >= 15 is 0 Å². The van der Waals surface area contributed by atoms with Crippen LogP contribution in [0.25, 0.3) is 6.08 Å². The Morgan fingerprint density at radius 2 is 1.64 bits per heavy atom. The van der Waals surface area contributed by atoms with Crippen LogP contribution in [0.5, 0.6) is 0 Å². The smallest absolute Gasteiger partial charge is 0.334 e. The zero-order valence-electron chi connectivity index (χ0n) is 12.7. The van der Waals surface area contributed by atoms with E-state index in [4.69, 9.17) is 21.1 Å². The fraction of sp³-hybridized carbons (Fsp3) is 0.294. The van der Waals surface area contributed by atoms with E-state index in [0.29, 0.717) is 10.6 Å². The van der Waals surface area contributed by atoms with E-state index < -0.39 is 11.9 Å². The lowest BCUT2D eigenvalue weighted by molar-refractivity contribution is -0.138. The van der Waals surface area contributed by atoms with E-state index in [1.165, 1.54) is 0 Å². The van der Waals surface area contributed by atoms with Crippen molar-refractivity contribution in [3.63, 3.8) is 0 Å². The molecule has 0 radical (unpaired) electrons. The van der Waals surface area contributed by atoms with Crippen LogP contribution in [0.1, 0.15) is 25.8 Å². The van der Waals surface area contributed by atoms with Crippen LogP contribution in [0, 0.1) is 0 Å². The molecule has 0 aliphatic heterocycles. The molecule has 1 aromatic rings. The van der Waals surface area contributed by atoms with Crippen molar-refractivity contribution in [2.24, 2.45) is 0 Å². The van der Waals surface area contributed by atoms with Crippen LogP contribution in [-0.4, -0.2) is 25.2 Å². The number of carbonyl (C=O) groups is 2. The first-order valence-electron chi connectivity index (χ1n) is 6.96. The van der Waals surface area contributed by atoms with Gasteiger partial charge in [-0.05, 0) is 37.6 Å². The van der Waals surface area contributed by atoms with Crippen LogP contribution in [0.4, 0.5) is 0 Å². The zero-order chi connectivity index (χ0) is 16.5. The molecule has 0 bridgehead atoms. The fourth-order valence-electron chi connectivity index (χ4n) is 1.70. The Morgan fingerprint density at radius 3 is 2.18 bits per heavy atom. The molecule has 0 fully saturated rings. The summed E-state index contributed by atoms with van der Waals surface area (Å²) in [6.45, 7) is 7.61. The van der Waals surface area contributed by atoms with Gasteiger partial charge in [-0.3, -0.25) is 0 Å². The lowest BCUT2D eigenvalue weighted by Gasteiger charge is -2.09. The minimum absolute atomic E-state index is 0.0697. The van der Waals surface area contributed by atoms with Crippen molar-refractivity contribution in [2.45, 2.75) is 20.3 Å². The first-order chi connectivity index (χ1) is 10.5. The van der Waals surface area contributed by atoms with E-state index in [1.54, 1.807) is 44.2 Å². The predicted octanol–water partition coefficient (Wildman–Crippen LogP) is 3.80. The van der Waals surface area contributed by atoms with E-state index in [9.17, 15) is 9.59 Å². The quantitative estimate of drug-likeness (QED) is 0.566. The van der Waals surface area contributed by atoms with Crippen molar-refractivity contribution in [1.82, 2.24) is 0 Å². The van der Waals surface area contributed by atoms with Gasteiger partial charge in [-0.1, -0.05) is 30.3 Å². The van der Waals surface area contributed by atoms with Gasteiger partial charge in [-0.2, -0.15) is 0 Å². The van der Waals surface area contributed by atoms with Crippen LogP contribution in [0.2, 0.25) is 5.02 Å². The molecular weight excluding hydrogens is 304 g/mol. The number of ether oxygens (including phenoxy) is 2. The summed E-state index contributed by atoms with van der Waals surface area (Å²) in [6, 6.07) is 6.98. The molecule has 4 nitrogen and oxygen atoms in total. The summed E-state index contributed by atoms with van der Waals surface area (Å²) in [5.74, 6) is -1.00. The highest BCUT2D eigenvalue weighted by atomic mass is 35.5. The van der Waals surface area contributed by atoms with Crippen molar-refractivity contribution in [1.29, 1.82) is 0 Å². The molecule has 5 heteroatoms. The molecule has 0 aliphatic rings. The molecule has 0 saturated heterocycles. The molecule has 0 unspecified atom stereocenters. The summed E-state index contributed by atoms with van der Waals surface area (Å²) in [7, 11) is 0. The highest BCUT2D eigenvalue weighted by molar-refractivity contribution is 6.30. The van der Waals surface area contributed by atoms with Crippen molar-refractivity contribution < 1.29 is 19.1 Å².